The van der Waals surface area contributed by atoms with Crippen LogP contribution in [0.5, 0.6) is 0 Å². The second-order valence-corrected chi connectivity index (χ2v) is 8.58. The van der Waals surface area contributed by atoms with E-state index in [1.54, 1.807) is 5.38 Å². The number of thiazole rings is 1. The summed E-state index contributed by atoms with van der Waals surface area (Å²) in [6.07, 6.45) is 1.85. The first-order valence-electron chi connectivity index (χ1n) is 7.66. The van der Waals surface area contributed by atoms with Crippen molar-refractivity contribution in [3.63, 3.8) is 0 Å². The Morgan fingerprint density at radius 3 is 2.83 bits per heavy atom. The van der Waals surface area contributed by atoms with Gasteiger partial charge in [-0.15, -0.1) is 11.3 Å². The zero-order valence-corrected chi connectivity index (χ0v) is 14.6. The Morgan fingerprint density at radius 2 is 2.12 bits per heavy atom. The molecule has 1 unspecified atom stereocenters. The molecule has 1 amide bonds. The molecule has 0 aliphatic carbocycles. The summed E-state index contributed by atoms with van der Waals surface area (Å²) in [4.78, 5) is 16.1. The number of rotatable bonds is 6. The average Bonchev–Trinajstić information content (AvgIpc) is 3.25. The Hall–Kier alpha value is -1.77. The smallest absolute Gasteiger partial charge is 0.235 e. The first kappa shape index (κ1) is 17.1. The number of carbonyl (C=O) groups excluding carboxylic acids is 1. The van der Waals surface area contributed by atoms with Crippen molar-refractivity contribution in [1.82, 2.24) is 10.3 Å². The fourth-order valence-electron chi connectivity index (χ4n) is 2.46. The summed E-state index contributed by atoms with van der Waals surface area (Å²) in [5, 5.41) is 4.31. The van der Waals surface area contributed by atoms with Crippen LogP contribution in [-0.4, -0.2) is 44.3 Å². The number of hydrogen-bond donors (Lipinski definition) is 1. The molecule has 0 spiro atoms. The van der Waals surface area contributed by atoms with Crippen LogP contribution in [0.4, 0.5) is 0 Å². The topological polar surface area (TPSA) is 85.4 Å². The molecule has 3 rings (SSSR count). The quantitative estimate of drug-likeness (QED) is 0.844. The number of ether oxygens (including phenoxy) is 1. The summed E-state index contributed by atoms with van der Waals surface area (Å²) in [5.41, 5.74) is 1.44. The fraction of sp³-hybridized carbons (Fsp3) is 0.375. The normalized spacial score (nSPS) is 17.8. The SMILES string of the molecule is O=C(CS(=O)(=O)c1nc(-c2ccccc2)cs1)NCC1CCCO1. The van der Waals surface area contributed by atoms with Crippen LogP contribution in [-0.2, 0) is 19.4 Å². The lowest BCUT2D eigenvalue weighted by atomic mass is 10.2. The van der Waals surface area contributed by atoms with E-state index < -0.39 is 21.5 Å². The average molecular weight is 366 g/mol. The van der Waals surface area contributed by atoms with Crippen LogP contribution in [0.3, 0.4) is 0 Å². The molecule has 1 atom stereocenters. The van der Waals surface area contributed by atoms with Gasteiger partial charge in [-0.25, -0.2) is 13.4 Å². The van der Waals surface area contributed by atoms with Crippen LogP contribution in [0.1, 0.15) is 12.8 Å². The van der Waals surface area contributed by atoms with E-state index in [4.69, 9.17) is 4.74 Å². The molecule has 1 aliphatic heterocycles. The van der Waals surface area contributed by atoms with Gasteiger partial charge in [0.25, 0.3) is 0 Å². The third kappa shape index (κ3) is 4.19. The molecular formula is C16H18N2O4S2. The summed E-state index contributed by atoms with van der Waals surface area (Å²) in [7, 11) is -3.74. The van der Waals surface area contributed by atoms with Crippen LogP contribution in [0.25, 0.3) is 11.3 Å². The number of benzene rings is 1. The van der Waals surface area contributed by atoms with Gasteiger partial charge in [0.15, 0.2) is 0 Å². The highest BCUT2D eigenvalue weighted by molar-refractivity contribution is 7.94. The lowest BCUT2D eigenvalue weighted by molar-refractivity contribution is -0.119. The van der Waals surface area contributed by atoms with Gasteiger partial charge in [-0.05, 0) is 12.8 Å². The van der Waals surface area contributed by atoms with E-state index in [0.717, 1.165) is 29.7 Å². The van der Waals surface area contributed by atoms with Crippen molar-refractivity contribution in [2.75, 3.05) is 18.9 Å². The zero-order valence-electron chi connectivity index (χ0n) is 13.0. The molecule has 1 aromatic carbocycles. The molecule has 1 N–H and O–H groups in total. The van der Waals surface area contributed by atoms with E-state index in [9.17, 15) is 13.2 Å². The van der Waals surface area contributed by atoms with Gasteiger partial charge in [-0.3, -0.25) is 4.79 Å². The van der Waals surface area contributed by atoms with E-state index >= 15 is 0 Å². The van der Waals surface area contributed by atoms with Crippen LogP contribution in [0, 0.1) is 0 Å². The molecule has 0 bridgehead atoms. The van der Waals surface area contributed by atoms with Crippen LogP contribution in [0.2, 0.25) is 0 Å². The number of aromatic nitrogens is 1. The first-order valence-corrected chi connectivity index (χ1v) is 10.2. The Morgan fingerprint density at radius 1 is 1.33 bits per heavy atom. The summed E-state index contributed by atoms with van der Waals surface area (Å²) in [6.45, 7) is 1.04. The highest BCUT2D eigenvalue weighted by Gasteiger charge is 2.24. The van der Waals surface area contributed by atoms with Gasteiger partial charge in [0.2, 0.25) is 20.1 Å². The maximum Gasteiger partial charge on any atom is 0.235 e. The Labute approximate surface area is 144 Å². The third-order valence-corrected chi connectivity index (χ3v) is 6.64. The Bertz CT molecular complexity index is 796. The van der Waals surface area contributed by atoms with E-state index in [1.807, 2.05) is 30.3 Å². The van der Waals surface area contributed by atoms with Crippen LogP contribution < -0.4 is 5.32 Å². The molecule has 2 aromatic rings. The minimum Gasteiger partial charge on any atom is -0.376 e. The van der Waals surface area contributed by atoms with Gasteiger partial charge in [0, 0.05) is 24.1 Å². The molecular weight excluding hydrogens is 348 g/mol. The molecule has 0 radical (unpaired) electrons. The Kier molecular flexibility index (Phi) is 5.27. The standard InChI is InChI=1S/C16H18N2O4S2/c19-15(17-9-13-7-4-8-22-13)11-24(20,21)16-18-14(10-23-16)12-5-2-1-3-6-12/h1-3,5-6,10,13H,4,7-9,11H2,(H,17,19). The molecule has 128 valence electrons. The number of nitrogens with one attached hydrogen (secondary N) is 1. The molecule has 2 heterocycles. The predicted octanol–water partition coefficient (Wildman–Crippen LogP) is 1.88. The van der Waals surface area contributed by atoms with Crippen LogP contribution in [0.15, 0.2) is 40.1 Å². The first-order chi connectivity index (χ1) is 11.5. The van der Waals surface area contributed by atoms with Crippen LogP contribution >= 0.6 is 11.3 Å². The molecule has 6 nitrogen and oxygen atoms in total. The fourth-order valence-corrected chi connectivity index (χ4v) is 4.73. The van der Waals surface area contributed by atoms with Crippen molar-refractivity contribution in [1.29, 1.82) is 0 Å². The number of amides is 1. The molecule has 1 fully saturated rings. The van der Waals surface area contributed by atoms with Gasteiger partial charge in [0.05, 0.1) is 11.8 Å². The van der Waals surface area contributed by atoms with Crippen molar-refractivity contribution in [3.05, 3.63) is 35.7 Å². The molecule has 8 heteroatoms. The lowest BCUT2D eigenvalue weighted by Gasteiger charge is -2.10. The van der Waals surface area contributed by atoms with Gasteiger partial charge in [0.1, 0.15) is 5.75 Å². The van der Waals surface area contributed by atoms with Gasteiger partial charge in [-0.1, -0.05) is 30.3 Å². The monoisotopic (exact) mass is 366 g/mol. The van der Waals surface area contributed by atoms with Gasteiger partial charge >= 0.3 is 0 Å². The van der Waals surface area contributed by atoms with Gasteiger partial charge < -0.3 is 10.1 Å². The number of nitrogens with zero attached hydrogens (tertiary/aromatic N) is 1. The summed E-state index contributed by atoms with van der Waals surface area (Å²) in [6, 6.07) is 9.33. The lowest BCUT2D eigenvalue weighted by Crippen LogP contribution is -2.35. The Balaban J connectivity index is 1.62. The largest absolute Gasteiger partial charge is 0.376 e. The van der Waals surface area contributed by atoms with Gasteiger partial charge in [-0.2, -0.15) is 0 Å². The van der Waals surface area contributed by atoms with E-state index in [1.165, 1.54) is 0 Å². The number of hydrogen-bond acceptors (Lipinski definition) is 6. The molecule has 1 aliphatic rings. The maximum absolute atomic E-state index is 12.3. The predicted molar refractivity (Wildman–Crippen MR) is 91.6 cm³/mol. The van der Waals surface area contributed by atoms with Crippen molar-refractivity contribution in [2.45, 2.75) is 23.3 Å². The minimum atomic E-state index is -3.74. The van der Waals surface area contributed by atoms with E-state index in [0.29, 0.717) is 18.8 Å². The van der Waals surface area contributed by atoms with Crippen molar-refractivity contribution in [2.24, 2.45) is 0 Å². The maximum atomic E-state index is 12.3. The molecule has 1 saturated heterocycles. The third-order valence-electron chi connectivity index (χ3n) is 3.69. The highest BCUT2D eigenvalue weighted by Crippen LogP contribution is 2.25. The molecule has 1 aromatic heterocycles. The van der Waals surface area contributed by atoms with Crippen molar-refractivity contribution in [3.8, 4) is 11.3 Å². The summed E-state index contributed by atoms with van der Waals surface area (Å²) in [5.74, 6) is -1.12. The number of sulfone groups is 1. The van der Waals surface area contributed by atoms with Crippen molar-refractivity contribution < 1.29 is 17.9 Å². The van der Waals surface area contributed by atoms with Crippen molar-refractivity contribution >= 4 is 27.1 Å². The summed E-state index contributed by atoms with van der Waals surface area (Å²) < 4.78 is 30.0. The second-order valence-electron chi connectivity index (χ2n) is 5.56. The summed E-state index contributed by atoms with van der Waals surface area (Å²) >= 11 is 1.03. The minimum absolute atomic E-state index is 0.0128. The number of carbonyl (C=O) groups is 1. The molecule has 0 saturated carbocycles. The van der Waals surface area contributed by atoms with E-state index in [-0.39, 0.29) is 10.4 Å². The zero-order chi connectivity index (χ0) is 17.0. The molecule has 24 heavy (non-hydrogen) atoms. The second kappa shape index (κ2) is 7.42. The van der Waals surface area contributed by atoms with E-state index in [2.05, 4.69) is 10.3 Å². The highest BCUT2D eigenvalue weighted by atomic mass is 32.2.